The number of rotatable bonds is 3. The Morgan fingerprint density at radius 3 is 2.68 bits per heavy atom. The zero-order chi connectivity index (χ0) is 14.4. The molecule has 19 heavy (non-hydrogen) atoms. The van der Waals surface area contributed by atoms with Crippen molar-refractivity contribution in [3.05, 3.63) is 28.2 Å². The Hall–Kier alpha value is -1.46. The molecule has 0 aliphatic heterocycles. The van der Waals surface area contributed by atoms with Crippen LogP contribution in [0.1, 0.15) is 6.92 Å². The van der Waals surface area contributed by atoms with Gasteiger partial charge in [-0.3, -0.25) is 5.43 Å². The number of esters is 1. The van der Waals surface area contributed by atoms with E-state index in [1.807, 2.05) is 0 Å². The van der Waals surface area contributed by atoms with E-state index in [9.17, 15) is 4.79 Å². The number of benzene rings is 1. The molecule has 0 spiro atoms. The number of nitrogens with zero attached hydrogens (tertiary/aromatic N) is 2. The van der Waals surface area contributed by atoms with Crippen LogP contribution in [-0.4, -0.2) is 37.4 Å². The number of hydrazone groups is 1. The van der Waals surface area contributed by atoms with Crippen molar-refractivity contribution >= 4 is 40.7 Å². The van der Waals surface area contributed by atoms with E-state index in [2.05, 4.69) is 10.5 Å². The Balaban J connectivity index is 2.92. The average molecular weight is 304 g/mol. The maximum atomic E-state index is 11.7. The van der Waals surface area contributed by atoms with E-state index in [4.69, 9.17) is 27.9 Å². The highest BCUT2D eigenvalue weighted by Crippen LogP contribution is 2.25. The first-order chi connectivity index (χ1) is 8.95. The Bertz CT molecular complexity index is 490. The van der Waals surface area contributed by atoms with Crippen molar-refractivity contribution in [2.24, 2.45) is 5.10 Å². The summed E-state index contributed by atoms with van der Waals surface area (Å²) in [6.45, 7) is 2.01. The SMILES string of the molecule is CCOC(=O)/C(=N\Nc1cc(Cl)ccc1Cl)N(C)C. The maximum Gasteiger partial charge on any atom is 0.375 e. The molecule has 0 unspecified atom stereocenters. The minimum atomic E-state index is -0.516. The first-order valence-corrected chi connectivity index (χ1v) is 6.34. The van der Waals surface area contributed by atoms with Crippen LogP contribution in [-0.2, 0) is 9.53 Å². The van der Waals surface area contributed by atoms with Gasteiger partial charge in [0.25, 0.3) is 0 Å². The minimum Gasteiger partial charge on any atom is -0.460 e. The van der Waals surface area contributed by atoms with Crippen LogP contribution in [0.4, 0.5) is 5.69 Å². The predicted molar refractivity (Wildman–Crippen MR) is 77.8 cm³/mol. The molecule has 104 valence electrons. The van der Waals surface area contributed by atoms with E-state index in [1.165, 1.54) is 0 Å². The number of carbonyl (C=O) groups excluding carboxylic acids is 1. The summed E-state index contributed by atoms with van der Waals surface area (Å²) < 4.78 is 4.90. The molecule has 0 radical (unpaired) electrons. The van der Waals surface area contributed by atoms with Crippen LogP contribution in [0, 0.1) is 0 Å². The zero-order valence-electron chi connectivity index (χ0n) is 10.9. The summed E-state index contributed by atoms with van der Waals surface area (Å²) in [6, 6.07) is 4.92. The van der Waals surface area contributed by atoms with Crippen molar-refractivity contribution in [3.63, 3.8) is 0 Å². The van der Waals surface area contributed by atoms with Crippen LogP contribution < -0.4 is 5.43 Å². The monoisotopic (exact) mass is 303 g/mol. The quantitative estimate of drug-likeness (QED) is 0.404. The molecule has 0 bridgehead atoms. The lowest BCUT2D eigenvalue weighted by Crippen LogP contribution is -2.32. The molecule has 0 saturated heterocycles. The van der Waals surface area contributed by atoms with Crippen molar-refractivity contribution < 1.29 is 9.53 Å². The largest absolute Gasteiger partial charge is 0.460 e. The third kappa shape index (κ3) is 4.61. The molecule has 0 aliphatic carbocycles. The molecule has 1 N–H and O–H groups in total. The molecule has 0 aromatic heterocycles. The molecule has 1 aromatic carbocycles. The minimum absolute atomic E-state index is 0.137. The Labute approximate surface area is 122 Å². The summed E-state index contributed by atoms with van der Waals surface area (Å²) in [6.07, 6.45) is 0. The molecular weight excluding hydrogens is 289 g/mol. The summed E-state index contributed by atoms with van der Waals surface area (Å²) in [5.41, 5.74) is 3.22. The predicted octanol–water partition coefficient (Wildman–Crippen LogP) is 2.84. The lowest BCUT2D eigenvalue weighted by molar-refractivity contribution is -0.135. The number of likely N-dealkylation sites (N-methyl/N-ethyl adjacent to an activating group) is 1. The van der Waals surface area contributed by atoms with Gasteiger partial charge in [0.1, 0.15) is 0 Å². The summed E-state index contributed by atoms with van der Waals surface area (Å²) in [7, 11) is 3.38. The van der Waals surface area contributed by atoms with Crippen molar-refractivity contribution in [3.8, 4) is 0 Å². The van der Waals surface area contributed by atoms with Crippen molar-refractivity contribution in [1.82, 2.24) is 4.90 Å². The van der Waals surface area contributed by atoms with Gasteiger partial charge in [-0.2, -0.15) is 0 Å². The van der Waals surface area contributed by atoms with Crippen molar-refractivity contribution in [2.45, 2.75) is 6.92 Å². The number of hydrogen-bond acceptors (Lipinski definition) is 4. The fourth-order valence-electron chi connectivity index (χ4n) is 1.22. The second-order valence-corrected chi connectivity index (χ2v) is 4.63. The third-order valence-corrected chi connectivity index (χ3v) is 2.66. The van der Waals surface area contributed by atoms with Gasteiger partial charge in [-0.05, 0) is 25.1 Å². The fraction of sp³-hybridized carbons (Fsp3) is 0.333. The van der Waals surface area contributed by atoms with Crippen LogP contribution >= 0.6 is 23.2 Å². The highest BCUT2D eigenvalue weighted by atomic mass is 35.5. The topological polar surface area (TPSA) is 53.9 Å². The van der Waals surface area contributed by atoms with Crippen LogP contribution in [0.25, 0.3) is 0 Å². The van der Waals surface area contributed by atoms with Crippen molar-refractivity contribution in [1.29, 1.82) is 0 Å². The molecule has 0 amide bonds. The summed E-state index contributed by atoms with van der Waals surface area (Å²) in [5.74, 6) is -0.379. The highest BCUT2D eigenvalue weighted by Gasteiger charge is 2.15. The van der Waals surface area contributed by atoms with Gasteiger partial charge >= 0.3 is 5.97 Å². The van der Waals surface area contributed by atoms with Crippen LogP contribution in [0.15, 0.2) is 23.3 Å². The van der Waals surface area contributed by atoms with Crippen LogP contribution in [0.2, 0.25) is 10.0 Å². The molecular formula is C12H15Cl2N3O2. The van der Waals surface area contributed by atoms with Gasteiger partial charge < -0.3 is 9.64 Å². The number of anilines is 1. The van der Waals surface area contributed by atoms with Gasteiger partial charge in [0.15, 0.2) is 0 Å². The number of ether oxygens (including phenoxy) is 1. The second-order valence-electron chi connectivity index (χ2n) is 3.79. The van der Waals surface area contributed by atoms with Gasteiger partial charge in [-0.25, -0.2) is 4.79 Å². The van der Waals surface area contributed by atoms with E-state index >= 15 is 0 Å². The van der Waals surface area contributed by atoms with E-state index in [0.717, 1.165) is 0 Å². The molecule has 7 heteroatoms. The molecule has 0 atom stereocenters. The molecule has 0 aliphatic rings. The van der Waals surface area contributed by atoms with E-state index in [1.54, 1.807) is 44.1 Å². The second kappa shape index (κ2) is 7.21. The zero-order valence-corrected chi connectivity index (χ0v) is 12.4. The smallest absolute Gasteiger partial charge is 0.375 e. The lowest BCUT2D eigenvalue weighted by atomic mass is 10.3. The van der Waals surface area contributed by atoms with Crippen molar-refractivity contribution in [2.75, 3.05) is 26.1 Å². The van der Waals surface area contributed by atoms with Gasteiger partial charge in [0.2, 0.25) is 5.84 Å². The summed E-state index contributed by atoms with van der Waals surface area (Å²) in [4.78, 5) is 13.2. The standard InChI is InChI=1S/C12H15Cl2N3O2/c1-4-19-12(18)11(17(2)3)16-15-10-7-8(13)5-6-9(10)14/h5-7,15H,4H2,1-3H3/b16-11+. The molecule has 0 saturated carbocycles. The molecule has 5 nitrogen and oxygen atoms in total. The third-order valence-electron chi connectivity index (χ3n) is 2.09. The highest BCUT2D eigenvalue weighted by molar-refractivity contribution is 6.36. The van der Waals surface area contributed by atoms with Gasteiger partial charge in [-0.15, -0.1) is 5.10 Å². The van der Waals surface area contributed by atoms with Crippen LogP contribution in [0.3, 0.4) is 0 Å². The summed E-state index contributed by atoms with van der Waals surface area (Å²) in [5, 5.41) is 4.96. The molecule has 0 fully saturated rings. The van der Waals surface area contributed by atoms with Gasteiger partial charge in [0, 0.05) is 19.1 Å². The number of halogens is 2. The Kier molecular flexibility index (Phi) is 5.92. The van der Waals surface area contributed by atoms with Gasteiger partial charge in [-0.1, -0.05) is 23.2 Å². The number of carbonyl (C=O) groups is 1. The Morgan fingerprint density at radius 1 is 1.42 bits per heavy atom. The first-order valence-electron chi connectivity index (χ1n) is 5.59. The molecule has 0 heterocycles. The van der Waals surface area contributed by atoms with Crippen LogP contribution in [0.5, 0.6) is 0 Å². The molecule has 1 aromatic rings. The Morgan fingerprint density at radius 2 is 2.11 bits per heavy atom. The maximum absolute atomic E-state index is 11.7. The molecule has 1 rings (SSSR count). The fourth-order valence-corrected chi connectivity index (χ4v) is 1.55. The average Bonchev–Trinajstić information content (AvgIpc) is 2.33. The van der Waals surface area contributed by atoms with E-state index < -0.39 is 5.97 Å². The normalized spacial score (nSPS) is 11.1. The number of amidine groups is 1. The number of nitrogens with one attached hydrogen (secondary N) is 1. The van der Waals surface area contributed by atoms with E-state index in [0.29, 0.717) is 15.7 Å². The van der Waals surface area contributed by atoms with Gasteiger partial charge in [0.05, 0.1) is 17.3 Å². The number of hydrogen-bond donors (Lipinski definition) is 1. The summed E-state index contributed by atoms with van der Waals surface area (Å²) >= 11 is 11.8. The first kappa shape index (κ1) is 15.6. The lowest BCUT2D eigenvalue weighted by Gasteiger charge is -2.14. The van der Waals surface area contributed by atoms with E-state index in [-0.39, 0.29) is 12.4 Å².